The van der Waals surface area contributed by atoms with Crippen LogP contribution in [0.1, 0.15) is 49.4 Å². The van der Waals surface area contributed by atoms with Crippen molar-refractivity contribution < 1.29 is 14.7 Å². The van der Waals surface area contributed by atoms with E-state index in [-0.39, 0.29) is 5.91 Å². The fraction of sp³-hybridized carbons (Fsp3) is 0.562. The standard InChI is InChI=1S/C16H23N3O3/c1-2-3-6-13(16(21)22)18-15(20)12-7-8-14(17-11-12)19-9-4-5-10-19/h7-8,11,13H,2-6,9-10H2,1H3,(H,18,20)(H,21,22)/t13-/m0/s1. The first-order chi connectivity index (χ1) is 10.6. The number of unbranched alkanes of at least 4 members (excludes halogenated alkanes) is 1. The highest BCUT2D eigenvalue weighted by atomic mass is 16.4. The number of hydrogen-bond donors (Lipinski definition) is 2. The number of aliphatic carboxylic acids is 1. The van der Waals surface area contributed by atoms with Gasteiger partial charge >= 0.3 is 5.97 Å². The molecular weight excluding hydrogens is 282 g/mol. The van der Waals surface area contributed by atoms with Gasteiger partial charge in [-0.2, -0.15) is 0 Å². The highest BCUT2D eigenvalue weighted by Gasteiger charge is 2.20. The average Bonchev–Trinajstić information content (AvgIpc) is 3.05. The van der Waals surface area contributed by atoms with Gasteiger partial charge in [0.15, 0.2) is 0 Å². The van der Waals surface area contributed by atoms with E-state index in [0.29, 0.717) is 12.0 Å². The SMILES string of the molecule is CCCC[C@H](NC(=O)c1ccc(N2CCCC2)nc1)C(=O)O. The molecule has 1 aliphatic heterocycles. The molecule has 0 aliphatic carbocycles. The van der Waals surface area contributed by atoms with E-state index in [1.807, 2.05) is 13.0 Å². The van der Waals surface area contributed by atoms with Gasteiger partial charge in [0.05, 0.1) is 5.56 Å². The summed E-state index contributed by atoms with van der Waals surface area (Å²) in [6.45, 7) is 3.98. The first-order valence-electron chi connectivity index (χ1n) is 7.86. The molecule has 2 heterocycles. The Morgan fingerprint density at radius 1 is 1.36 bits per heavy atom. The van der Waals surface area contributed by atoms with Crippen LogP contribution in [0.4, 0.5) is 5.82 Å². The lowest BCUT2D eigenvalue weighted by molar-refractivity contribution is -0.139. The van der Waals surface area contributed by atoms with Crippen LogP contribution < -0.4 is 10.2 Å². The van der Waals surface area contributed by atoms with Gasteiger partial charge in [0.2, 0.25) is 0 Å². The number of rotatable bonds is 7. The highest BCUT2D eigenvalue weighted by Crippen LogP contribution is 2.17. The Balaban J connectivity index is 1.97. The Morgan fingerprint density at radius 3 is 2.64 bits per heavy atom. The van der Waals surface area contributed by atoms with E-state index < -0.39 is 12.0 Å². The topological polar surface area (TPSA) is 82.5 Å². The summed E-state index contributed by atoms with van der Waals surface area (Å²) in [6.07, 6.45) is 5.96. The van der Waals surface area contributed by atoms with Crippen molar-refractivity contribution in [3.63, 3.8) is 0 Å². The highest BCUT2D eigenvalue weighted by molar-refractivity contribution is 5.96. The molecule has 0 unspecified atom stereocenters. The summed E-state index contributed by atoms with van der Waals surface area (Å²) >= 11 is 0. The predicted molar refractivity (Wildman–Crippen MR) is 84.1 cm³/mol. The van der Waals surface area contributed by atoms with Crippen molar-refractivity contribution in [2.45, 2.75) is 45.1 Å². The van der Waals surface area contributed by atoms with E-state index in [9.17, 15) is 9.59 Å². The molecule has 1 saturated heterocycles. The zero-order valence-electron chi connectivity index (χ0n) is 12.9. The summed E-state index contributed by atoms with van der Waals surface area (Å²) in [5, 5.41) is 11.7. The van der Waals surface area contributed by atoms with E-state index in [4.69, 9.17) is 5.11 Å². The quantitative estimate of drug-likeness (QED) is 0.805. The molecule has 0 bridgehead atoms. The van der Waals surface area contributed by atoms with Crippen LogP contribution >= 0.6 is 0 Å². The molecule has 22 heavy (non-hydrogen) atoms. The monoisotopic (exact) mass is 305 g/mol. The Kier molecular flexibility index (Phi) is 5.75. The smallest absolute Gasteiger partial charge is 0.326 e. The molecule has 1 aromatic rings. The molecule has 6 heteroatoms. The van der Waals surface area contributed by atoms with Crippen molar-refractivity contribution in [2.75, 3.05) is 18.0 Å². The fourth-order valence-corrected chi connectivity index (χ4v) is 2.56. The van der Waals surface area contributed by atoms with Gasteiger partial charge < -0.3 is 15.3 Å². The Hall–Kier alpha value is -2.11. The minimum atomic E-state index is -0.997. The molecule has 0 radical (unpaired) electrons. The molecular formula is C16H23N3O3. The largest absolute Gasteiger partial charge is 0.480 e. The van der Waals surface area contributed by atoms with Crippen LogP contribution in [0.2, 0.25) is 0 Å². The van der Waals surface area contributed by atoms with E-state index in [2.05, 4.69) is 15.2 Å². The number of anilines is 1. The van der Waals surface area contributed by atoms with Gasteiger partial charge in [0, 0.05) is 19.3 Å². The molecule has 0 spiro atoms. The van der Waals surface area contributed by atoms with Crippen molar-refractivity contribution in [2.24, 2.45) is 0 Å². The van der Waals surface area contributed by atoms with E-state index in [0.717, 1.165) is 31.7 Å². The third kappa shape index (κ3) is 4.19. The number of carbonyl (C=O) groups is 2. The van der Waals surface area contributed by atoms with Crippen molar-refractivity contribution in [1.82, 2.24) is 10.3 Å². The van der Waals surface area contributed by atoms with Crippen LogP contribution in [0.15, 0.2) is 18.3 Å². The van der Waals surface area contributed by atoms with Crippen molar-refractivity contribution in [1.29, 1.82) is 0 Å². The lowest BCUT2D eigenvalue weighted by Gasteiger charge is -2.17. The summed E-state index contributed by atoms with van der Waals surface area (Å²) < 4.78 is 0. The molecule has 1 aliphatic rings. The third-order valence-electron chi connectivity index (χ3n) is 3.89. The predicted octanol–water partition coefficient (Wildman–Crippen LogP) is 2.05. The number of carboxylic acids is 1. The lowest BCUT2D eigenvalue weighted by Crippen LogP contribution is -2.40. The van der Waals surface area contributed by atoms with Gasteiger partial charge in [-0.1, -0.05) is 19.8 Å². The first kappa shape index (κ1) is 16.3. The van der Waals surface area contributed by atoms with E-state index >= 15 is 0 Å². The third-order valence-corrected chi connectivity index (χ3v) is 3.89. The number of carboxylic acid groups (broad SMARTS) is 1. The van der Waals surface area contributed by atoms with E-state index in [1.54, 1.807) is 6.07 Å². The molecule has 6 nitrogen and oxygen atoms in total. The molecule has 1 fully saturated rings. The maximum atomic E-state index is 12.1. The number of amides is 1. The Labute approximate surface area is 130 Å². The zero-order valence-corrected chi connectivity index (χ0v) is 12.9. The number of pyridine rings is 1. The molecule has 1 atom stereocenters. The molecule has 2 N–H and O–H groups in total. The summed E-state index contributed by atoms with van der Waals surface area (Å²) in [7, 11) is 0. The van der Waals surface area contributed by atoms with Gasteiger partial charge in [0.1, 0.15) is 11.9 Å². The van der Waals surface area contributed by atoms with Crippen LogP contribution in [0, 0.1) is 0 Å². The van der Waals surface area contributed by atoms with Crippen LogP contribution in [-0.4, -0.2) is 41.1 Å². The minimum Gasteiger partial charge on any atom is -0.480 e. The second-order valence-electron chi connectivity index (χ2n) is 5.61. The second kappa shape index (κ2) is 7.77. The zero-order chi connectivity index (χ0) is 15.9. The van der Waals surface area contributed by atoms with Crippen molar-refractivity contribution in [3.8, 4) is 0 Å². The van der Waals surface area contributed by atoms with Gasteiger partial charge in [-0.3, -0.25) is 4.79 Å². The normalized spacial score (nSPS) is 15.6. The molecule has 1 amide bonds. The van der Waals surface area contributed by atoms with Gasteiger partial charge in [-0.15, -0.1) is 0 Å². The molecule has 1 aromatic heterocycles. The summed E-state index contributed by atoms with van der Waals surface area (Å²) in [4.78, 5) is 29.8. The van der Waals surface area contributed by atoms with Gasteiger partial charge in [-0.25, -0.2) is 9.78 Å². The number of nitrogens with zero attached hydrogens (tertiary/aromatic N) is 2. The minimum absolute atomic E-state index is 0.385. The first-order valence-corrected chi connectivity index (χ1v) is 7.86. The maximum Gasteiger partial charge on any atom is 0.326 e. The lowest BCUT2D eigenvalue weighted by atomic mass is 10.1. The van der Waals surface area contributed by atoms with Crippen LogP contribution in [0.3, 0.4) is 0 Å². The van der Waals surface area contributed by atoms with Crippen LogP contribution in [0.25, 0.3) is 0 Å². The van der Waals surface area contributed by atoms with Gasteiger partial charge in [-0.05, 0) is 31.4 Å². The number of aromatic nitrogens is 1. The summed E-state index contributed by atoms with van der Waals surface area (Å²) in [5.41, 5.74) is 0.394. The van der Waals surface area contributed by atoms with Crippen molar-refractivity contribution in [3.05, 3.63) is 23.9 Å². The molecule has 120 valence electrons. The maximum absolute atomic E-state index is 12.1. The molecule has 2 rings (SSSR count). The Morgan fingerprint density at radius 2 is 2.09 bits per heavy atom. The molecule has 0 aromatic carbocycles. The number of hydrogen-bond acceptors (Lipinski definition) is 4. The average molecular weight is 305 g/mol. The Bertz CT molecular complexity index is 510. The fourth-order valence-electron chi connectivity index (χ4n) is 2.56. The van der Waals surface area contributed by atoms with Crippen LogP contribution in [-0.2, 0) is 4.79 Å². The summed E-state index contributed by atoms with van der Waals surface area (Å²) in [5.74, 6) is -0.512. The number of nitrogens with one attached hydrogen (secondary N) is 1. The van der Waals surface area contributed by atoms with Crippen molar-refractivity contribution >= 4 is 17.7 Å². The van der Waals surface area contributed by atoms with E-state index in [1.165, 1.54) is 19.0 Å². The van der Waals surface area contributed by atoms with Gasteiger partial charge in [0.25, 0.3) is 5.91 Å². The van der Waals surface area contributed by atoms with Crippen LogP contribution in [0.5, 0.6) is 0 Å². The second-order valence-corrected chi connectivity index (χ2v) is 5.61. The molecule has 0 saturated carbocycles. The number of carbonyl (C=O) groups excluding carboxylic acids is 1. The summed E-state index contributed by atoms with van der Waals surface area (Å²) in [6, 6.07) is 2.68.